The summed E-state index contributed by atoms with van der Waals surface area (Å²) >= 11 is 4.43. The van der Waals surface area contributed by atoms with Crippen LogP contribution in [0.25, 0.3) is 0 Å². The summed E-state index contributed by atoms with van der Waals surface area (Å²) in [5, 5.41) is 37.9. The maximum Gasteiger partial charge on any atom is 0.326 e. The number of carboxylic acid groups (broad SMARTS) is 1. The van der Waals surface area contributed by atoms with E-state index in [9.17, 15) is 53.4 Å². The maximum atomic E-state index is 15.2. The lowest BCUT2D eigenvalue weighted by Crippen LogP contribution is -2.60. The fourth-order valence-electron chi connectivity index (χ4n) is 12.1. The minimum Gasteiger partial charge on any atom is -0.480 e. The fourth-order valence-corrected chi connectivity index (χ4v) is 12.3. The first kappa shape index (κ1) is 82.1. The number of aryl methyl sites for hydroxylation is 1. The minimum atomic E-state index is -1.44. The number of carboxylic acids is 1. The van der Waals surface area contributed by atoms with Gasteiger partial charge in [0.1, 0.15) is 48.3 Å². The summed E-state index contributed by atoms with van der Waals surface area (Å²) in [5.41, 5.74) is 41.7. The monoisotopic (exact) mass is 1420 g/mol. The van der Waals surface area contributed by atoms with E-state index in [2.05, 4.69) is 66.4 Å². The molecule has 0 saturated carbocycles. The Hall–Kier alpha value is -9.56. The quantitative estimate of drug-likeness (QED) is 0.0141. The van der Waals surface area contributed by atoms with Crippen molar-refractivity contribution in [2.75, 3.05) is 49.9 Å². The summed E-state index contributed by atoms with van der Waals surface area (Å²) in [6, 6.07) is 12.9. The van der Waals surface area contributed by atoms with Crippen LogP contribution >= 0.6 is 12.6 Å². The van der Waals surface area contributed by atoms with Gasteiger partial charge in [0.05, 0.1) is 18.7 Å². The average molecular weight is 1420 g/mol. The van der Waals surface area contributed by atoms with Crippen LogP contribution in [0.1, 0.15) is 127 Å². The number of nitrogens with zero attached hydrogens (tertiary/aromatic N) is 6. The summed E-state index contributed by atoms with van der Waals surface area (Å²) < 4.78 is 0. The second kappa shape index (κ2) is 42.5. The molecule has 2 aliphatic heterocycles. The van der Waals surface area contributed by atoms with Crippen LogP contribution < -0.4 is 76.9 Å². The Labute approximate surface area is 595 Å². The van der Waals surface area contributed by atoms with Gasteiger partial charge in [0, 0.05) is 63.4 Å². The molecule has 0 aromatic heterocycles. The number of aliphatic hydroxyl groups is 1. The van der Waals surface area contributed by atoms with E-state index in [0.717, 1.165) is 42.6 Å². The van der Waals surface area contributed by atoms with Crippen LogP contribution in [-0.4, -0.2) is 203 Å². The number of benzene rings is 3. The van der Waals surface area contributed by atoms with E-state index in [1.165, 1.54) is 9.80 Å². The normalized spacial score (nSPS) is 16.9. The number of amides is 9. The molecule has 3 aromatic rings. The molecular weight excluding hydrogens is 1320 g/mol. The number of carbonyl (C=O) groups excluding carboxylic acids is 9. The molecule has 0 spiro atoms. The lowest BCUT2D eigenvalue weighted by Gasteiger charge is -2.34. The molecule has 32 heteroatoms. The predicted molar refractivity (Wildman–Crippen MR) is 388 cm³/mol. The van der Waals surface area contributed by atoms with Gasteiger partial charge in [-0.3, -0.25) is 63.0 Å². The van der Waals surface area contributed by atoms with Crippen molar-refractivity contribution in [3.63, 3.8) is 0 Å². The number of aliphatic imine (C=N–C) groups is 3. The largest absolute Gasteiger partial charge is 0.480 e. The number of nitrogens with two attached hydrogens (primary N) is 7. The Balaban J connectivity index is 1.32. The van der Waals surface area contributed by atoms with Crippen LogP contribution in [0.15, 0.2) is 99.9 Å². The second-order valence-electron chi connectivity index (χ2n) is 25.9. The number of thiol groups is 1. The third-order valence-electron chi connectivity index (χ3n) is 17.3. The molecule has 3 aromatic carbocycles. The van der Waals surface area contributed by atoms with Gasteiger partial charge in [0.2, 0.25) is 53.2 Å². The SMILES string of the molecule is CCCCCCc1ccc(N(C(=O)[C@H](CC(C)C)NC(=O)[C@@H](Cc2ccccc2)NC(=O)C(CS)NC(=O)[C@H](Cc2ccccc2)NC(=O)CNC(=O)[C@@H]2C[C@H](O)CN2C(=O)[C@@H]2CCCN2C(=O)[C@H](CCCN=C(N)N)NC(=O)[C@H](N)CCCN=C(N)N)[C@@H](CCCN=C(N)N)C(=O)O)cc1. The zero-order valence-electron chi connectivity index (χ0n) is 58.1. The van der Waals surface area contributed by atoms with Crippen LogP contribution in [0.3, 0.4) is 0 Å². The molecule has 0 bridgehead atoms. The molecule has 2 saturated heterocycles. The molecule has 2 aliphatic rings. The van der Waals surface area contributed by atoms with Crippen molar-refractivity contribution < 1.29 is 58.2 Å². The molecule has 5 rings (SSSR count). The van der Waals surface area contributed by atoms with Gasteiger partial charge in [-0.25, -0.2) is 4.79 Å². The lowest BCUT2D eigenvalue weighted by atomic mass is 9.98. The number of likely N-dealkylation sites (tertiary alicyclic amines) is 2. The summed E-state index contributed by atoms with van der Waals surface area (Å²) in [6.07, 6.45) is 4.96. The predicted octanol–water partition coefficient (Wildman–Crippen LogP) is -0.962. The van der Waals surface area contributed by atoms with Crippen molar-refractivity contribution in [2.45, 2.75) is 190 Å². The van der Waals surface area contributed by atoms with Crippen LogP contribution in [0.5, 0.6) is 0 Å². The van der Waals surface area contributed by atoms with Crippen molar-refractivity contribution in [1.82, 2.24) is 41.7 Å². The molecular formula is C69H105N19O12S. The Morgan fingerprint density at radius 3 is 1.67 bits per heavy atom. The van der Waals surface area contributed by atoms with Gasteiger partial charge in [-0.2, -0.15) is 12.6 Å². The van der Waals surface area contributed by atoms with E-state index in [-0.39, 0.29) is 132 Å². The number of nitrogens with one attached hydrogen (secondary N) is 6. The van der Waals surface area contributed by atoms with Crippen molar-refractivity contribution in [3.05, 3.63) is 102 Å². The Morgan fingerprint density at radius 2 is 1.13 bits per heavy atom. The number of hydrogen-bond acceptors (Lipinski definition) is 16. The Kier molecular flexibility index (Phi) is 34.6. The van der Waals surface area contributed by atoms with Crippen LogP contribution in [0.4, 0.5) is 5.69 Å². The maximum absolute atomic E-state index is 15.2. The highest BCUT2D eigenvalue weighted by molar-refractivity contribution is 7.80. The number of aliphatic hydroxyl groups excluding tert-OH is 1. The number of aliphatic carboxylic acids is 1. The number of carbonyl (C=O) groups is 10. The summed E-state index contributed by atoms with van der Waals surface area (Å²) in [6.45, 7) is 5.36. The molecule has 2 heterocycles. The first-order valence-corrected chi connectivity index (χ1v) is 35.2. The lowest BCUT2D eigenvalue weighted by molar-refractivity contribution is -0.148. The molecule has 2 fully saturated rings. The van der Waals surface area contributed by atoms with Crippen LogP contribution in [0, 0.1) is 5.92 Å². The molecule has 31 nitrogen and oxygen atoms in total. The third kappa shape index (κ3) is 27.5. The van der Waals surface area contributed by atoms with E-state index in [1.54, 1.807) is 72.8 Å². The first-order chi connectivity index (χ1) is 48.2. The standard InChI is InChI=1S/C69H105N19O12S/c1-4-5-6-9-18-43-27-29-46(30-28-43)88(55(66(99)100)25-16-33-79-69(75)76)64(97)52(35-42(2)3)84-60(93)51(37-45-21-12-8-13-22-45)83-61(94)53(41-101)85-59(92)50(36-44-19-10-7-11-20-44)81-57(90)39-80-62(95)56-38-47(89)40-87(56)65(98)54-26-17-34-86(54)63(96)49(24-15-32-78-68(73)74)82-58(91)48(70)23-14-31-77-67(71)72/h7-8,10-13,19-22,27-30,42,47-56,89,101H,4-6,9,14-18,23-26,31-41,70H2,1-3H3,(H,80,95)(H,81,90)(H,82,91)(H,83,94)(H,84,93)(H,85,92)(H,99,100)(H4,71,72,77)(H4,73,74,78)(H4,75,76,79)/t47-,48+,49-,50-,51+,52-,53?,54-,55-,56-/m0/s1. The smallest absolute Gasteiger partial charge is 0.326 e. The first-order valence-electron chi connectivity index (χ1n) is 34.5. The van der Waals surface area contributed by atoms with E-state index < -0.39 is 126 Å². The van der Waals surface area contributed by atoms with Crippen molar-refractivity contribution >= 4 is 95.3 Å². The third-order valence-corrected chi connectivity index (χ3v) is 17.6. The number of rotatable bonds is 42. The van der Waals surface area contributed by atoms with E-state index in [4.69, 9.17) is 40.1 Å². The number of hydrogen-bond donors (Lipinski definition) is 16. The molecule has 1 unspecified atom stereocenters. The molecule has 0 aliphatic carbocycles. The highest BCUT2D eigenvalue weighted by Crippen LogP contribution is 2.28. The second-order valence-corrected chi connectivity index (χ2v) is 26.2. The molecule has 101 heavy (non-hydrogen) atoms. The minimum absolute atomic E-state index is 0.0561. The highest BCUT2D eigenvalue weighted by Gasteiger charge is 2.46. The van der Waals surface area contributed by atoms with Gasteiger partial charge < -0.3 is 92.0 Å². The number of guanidine groups is 3. The average Bonchev–Trinajstić information content (AvgIpc) is 1.72. The van der Waals surface area contributed by atoms with E-state index in [0.29, 0.717) is 24.0 Å². The van der Waals surface area contributed by atoms with Gasteiger partial charge in [-0.1, -0.05) is 113 Å². The number of unbranched alkanes of at least 4 members (excludes halogenated alkanes) is 3. The fraction of sp³-hybridized carbons (Fsp3) is 0.551. The zero-order valence-corrected chi connectivity index (χ0v) is 58.9. The van der Waals surface area contributed by atoms with Crippen molar-refractivity contribution in [1.29, 1.82) is 0 Å². The summed E-state index contributed by atoms with van der Waals surface area (Å²) in [5.74, 6) is -9.08. The van der Waals surface area contributed by atoms with Gasteiger partial charge in [-0.05, 0) is 105 Å². The van der Waals surface area contributed by atoms with Crippen LogP contribution in [-0.2, 0) is 67.2 Å². The molecule has 10 atom stereocenters. The Morgan fingerprint density at radius 1 is 0.604 bits per heavy atom. The van der Waals surface area contributed by atoms with Gasteiger partial charge in [0.15, 0.2) is 17.9 Å². The summed E-state index contributed by atoms with van der Waals surface area (Å²) in [4.78, 5) is 158. The van der Waals surface area contributed by atoms with Gasteiger partial charge in [0.25, 0.3) is 0 Å². The van der Waals surface area contributed by atoms with Crippen LogP contribution in [0.2, 0.25) is 0 Å². The zero-order chi connectivity index (χ0) is 74.1. The van der Waals surface area contributed by atoms with E-state index >= 15 is 4.79 Å². The summed E-state index contributed by atoms with van der Waals surface area (Å²) in [7, 11) is 0. The molecule has 9 amide bonds. The van der Waals surface area contributed by atoms with Gasteiger partial charge >= 0.3 is 5.97 Å². The Bertz CT molecular complexity index is 3300. The number of β-amino-alcohol motifs (C(OH)–C–C–N with tert-alkyl or cyclic N) is 1. The number of anilines is 1. The highest BCUT2D eigenvalue weighted by atomic mass is 32.1. The van der Waals surface area contributed by atoms with E-state index in [1.807, 2.05) is 26.0 Å². The molecule has 0 radical (unpaired) electrons. The molecule has 554 valence electrons. The van der Waals surface area contributed by atoms with Crippen molar-refractivity contribution in [3.8, 4) is 0 Å². The molecule has 22 N–H and O–H groups in total. The topological polar surface area (TPSA) is 512 Å². The van der Waals surface area contributed by atoms with Crippen molar-refractivity contribution in [2.24, 2.45) is 61.0 Å². The van der Waals surface area contributed by atoms with Gasteiger partial charge in [-0.15, -0.1) is 0 Å².